The van der Waals surface area contributed by atoms with E-state index >= 15 is 4.39 Å². The van der Waals surface area contributed by atoms with Crippen LogP contribution in [0.2, 0.25) is 0 Å². The Morgan fingerprint density at radius 1 is 0.682 bits per heavy atom. The van der Waals surface area contributed by atoms with Crippen molar-refractivity contribution in [1.82, 2.24) is 14.8 Å². The third-order valence-electron chi connectivity index (χ3n) is 11.9. The summed E-state index contributed by atoms with van der Waals surface area (Å²) in [5.74, 6) is -4.27. The maximum atomic E-state index is 16.2. The second kappa shape index (κ2) is 19.9. The van der Waals surface area contributed by atoms with E-state index in [-0.39, 0.29) is 48.5 Å². The van der Waals surface area contributed by atoms with Gasteiger partial charge in [-0.15, -0.1) is 0 Å². The van der Waals surface area contributed by atoms with Crippen molar-refractivity contribution in [2.24, 2.45) is 0 Å². The molecular formula is C53H59FN4O8. The number of hydrogen-bond acceptors (Lipinski definition) is 8. The molecule has 2 aliphatic rings. The monoisotopic (exact) mass is 898 g/mol. The second-order valence-corrected chi connectivity index (χ2v) is 19.3. The van der Waals surface area contributed by atoms with Gasteiger partial charge in [0.25, 0.3) is 0 Å². The van der Waals surface area contributed by atoms with Gasteiger partial charge in [-0.2, -0.15) is 0 Å². The van der Waals surface area contributed by atoms with Crippen molar-refractivity contribution in [3.8, 4) is 11.3 Å². The summed E-state index contributed by atoms with van der Waals surface area (Å²) in [4.78, 5) is 88.0. The lowest BCUT2D eigenvalue weighted by Gasteiger charge is -2.29. The summed E-state index contributed by atoms with van der Waals surface area (Å²) in [5.41, 5.74) is 2.27. The molecule has 0 unspecified atom stereocenters. The summed E-state index contributed by atoms with van der Waals surface area (Å²) in [6.07, 6.45) is 1.88. The first kappa shape index (κ1) is 47.3. The van der Waals surface area contributed by atoms with Crippen LogP contribution in [0.25, 0.3) is 22.2 Å². The van der Waals surface area contributed by atoms with Crippen molar-refractivity contribution in [1.29, 1.82) is 0 Å². The molecule has 5 aromatic rings. The minimum Gasteiger partial charge on any atom is -0.460 e. The zero-order chi connectivity index (χ0) is 47.3. The molecule has 7 rings (SSSR count). The number of hydrogen-bond donors (Lipinski definition) is 2. The van der Waals surface area contributed by atoms with Crippen LogP contribution in [0.1, 0.15) is 109 Å². The Balaban J connectivity index is 1.01. The maximum absolute atomic E-state index is 16.2. The van der Waals surface area contributed by atoms with Crippen molar-refractivity contribution in [3.05, 3.63) is 126 Å². The van der Waals surface area contributed by atoms with Gasteiger partial charge in [0, 0.05) is 41.7 Å². The summed E-state index contributed by atoms with van der Waals surface area (Å²) in [6.45, 7) is 11.4. The number of halogens is 1. The Bertz CT molecular complexity index is 2580. The fourth-order valence-electron chi connectivity index (χ4n) is 9.01. The average molecular weight is 899 g/mol. The molecule has 0 aliphatic carbocycles. The lowest BCUT2D eigenvalue weighted by molar-refractivity contribution is -0.158. The number of nitrogens with zero attached hydrogens (tertiary/aromatic N) is 2. The quantitative estimate of drug-likeness (QED) is 0.105. The first-order chi connectivity index (χ1) is 31.3. The van der Waals surface area contributed by atoms with Gasteiger partial charge >= 0.3 is 11.9 Å². The molecule has 3 heterocycles. The molecule has 1 aromatic heterocycles. The van der Waals surface area contributed by atoms with Crippen molar-refractivity contribution < 1.29 is 42.6 Å². The number of aromatic amines is 1. The first-order valence-corrected chi connectivity index (χ1v) is 22.7. The molecule has 2 fully saturated rings. The van der Waals surface area contributed by atoms with Gasteiger partial charge < -0.3 is 29.6 Å². The number of anilines is 1. The fraction of sp³-hybridized carbons (Fsp3) is 0.396. The number of nitrogens with one attached hydrogen (secondary N) is 2. The largest absolute Gasteiger partial charge is 0.460 e. The van der Waals surface area contributed by atoms with Gasteiger partial charge in [-0.1, -0.05) is 78.9 Å². The van der Waals surface area contributed by atoms with Gasteiger partial charge in [-0.3, -0.25) is 28.8 Å². The number of rotatable bonds is 14. The van der Waals surface area contributed by atoms with Crippen LogP contribution >= 0.6 is 0 Å². The smallest absolute Gasteiger partial charge is 0.307 e. The highest BCUT2D eigenvalue weighted by atomic mass is 19.1. The van der Waals surface area contributed by atoms with Gasteiger partial charge in [0.05, 0.1) is 36.4 Å². The Hall–Kier alpha value is -6.63. The highest BCUT2D eigenvalue weighted by molar-refractivity contribution is 6.00. The van der Waals surface area contributed by atoms with Crippen molar-refractivity contribution >= 4 is 52.0 Å². The number of aromatic nitrogens is 1. The van der Waals surface area contributed by atoms with Gasteiger partial charge in [0.15, 0.2) is 11.6 Å². The van der Waals surface area contributed by atoms with Crippen LogP contribution in [-0.4, -0.2) is 86.6 Å². The number of fused-ring (bicyclic) bond motifs is 1. The number of amides is 3. The molecule has 2 aliphatic heterocycles. The van der Waals surface area contributed by atoms with Gasteiger partial charge in [-0.05, 0) is 108 Å². The SMILES string of the molecule is CC(C)(C)OC(=O)C[C@@H](C(=O)N1CCC[C@H]1C(=O)Cc1ccc2[nH]c(-c3ccc(NC(=O)[C@@H]4CCCN4C(=O)[C@H](CC(=O)OC(C)(C)C)c4ccccc4)cc3)c(F)c2c1)c1ccccc1. The number of likely N-dealkylation sites (tertiary alicyclic amines) is 2. The zero-order valence-electron chi connectivity index (χ0n) is 38.5. The molecule has 3 amide bonds. The van der Waals surface area contributed by atoms with E-state index in [1.165, 1.54) is 0 Å². The van der Waals surface area contributed by atoms with Crippen LogP contribution in [-0.2, 0) is 44.7 Å². The fourth-order valence-corrected chi connectivity index (χ4v) is 9.01. The van der Waals surface area contributed by atoms with E-state index in [9.17, 15) is 28.8 Å². The topological polar surface area (TPSA) is 155 Å². The zero-order valence-corrected chi connectivity index (χ0v) is 38.5. The number of benzene rings is 4. The summed E-state index contributed by atoms with van der Waals surface area (Å²) < 4.78 is 27.3. The predicted molar refractivity (Wildman–Crippen MR) is 250 cm³/mol. The molecule has 4 atom stereocenters. The number of ketones is 1. The molecule has 2 N–H and O–H groups in total. The number of carbonyl (C=O) groups is 6. The average Bonchev–Trinajstić information content (AvgIpc) is 4.04. The first-order valence-electron chi connectivity index (χ1n) is 22.7. The van der Waals surface area contributed by atoms with Crippen LogP contribution in [0.4, 0.5) is 10.1 Å². The molecule has 0 saturated carbocycles. The lowest BCUT2D eigenvalue weighted by atomic mass is 9.93. The molecule has 2 saturated heterocycles. The minimum atomic E-state index is -0.818. The number of H-pyrrole nitrogens is 1. The molecule has 66 heavy (non-hydrogen) atoms. The third kappa shape index (κ3) is 11.4. The molecule has 13 heteroatoms. The van der Waals surface area contributed by atoms with Crippen LogP contribution in [0, 0.1) is 5.82 Å². The molecular weight excluding hydrogens is 840 g/mol. The predicted octanol–water partition coefficient (Wildman–Crippen LogP) is 9.04. The second-order valence-electron chi connectivity index (χ2n) is 19.3. The summed E-state index contributed by atoms with van der Waals surface area (Å²) in [7, 11) is 0. The van der Waals surface area contributed by atoms with Gasteiger partial charge in [0.1, 0.15) is 17.2 Å². The number of ether oxygens (including phenoxy) is 2. The minimum absolute atomic E-state index is 0.0124. The molecule has 4 aromatic carbocycles. The highest BCUT2D eigenvalue weighted by Gasteiger charge is 2.40. The van der Waals surface area contributed by atoms with Crippen molar-refractivity contribution in [3.63, 3.8) is 0 Å². The Labute approximate surface area is 385 Å². The molecule has 0 spiro atoms. The van der Waals surface area contributed by atoms with E-state index in [1.807, 2.05) is 24.3 Å². The summed E-state index contributed by atoms with van der Waals surface area (Å²) in [5, 5.41) is 3.23. The van der Waals surface area contributed by atoms with Crippen LogP contribution in [0.15, 0.2) is 103 Å². The van der Waals surface area contributed by atoms with Gasteiger partial charge in [0.2, 0.25) is 17.7 Å². The summed E-state index contributed by atoms with van der Waals surface area (Å²) >= 11 is 0. The van der Waals surface area contributed by atoms with E-state index < -0.39 is 52.9 Å². The number of Topliss-reactive ketones (excluding diaryl/α,β-unsaturated/α-hetero) is 1. The molecule has 0 bridgehead atoms. The normalized spacial score (nSPS) is 17.3. The highest BCUT2D eigenvalue weighted by Crippen LogP contribution is 2.34. The van der Waals surface area contributed by atoms with E-state index in [0.29, 0.717) is 77.6 Å². The van der Waals surface area contributed by atoms with Crippen LogP contribution in [0.5, 0.6) is 0 Å². The van der Waals surface area contributed by atoms with Crippen LogP contribution < -0.4 is 5.32 Å². The molecule has 12 nitrogen and oxygen atoms in total. The number of esters is 2. The molecule has 0 radical (unpaired) electrons. The maximum Gasteiger partial charge on any atom is 0.307 e. The van der Waals surface area contributed by atoms with E-state index in [0.717, 1.165) is 0 Å². The third-order valence-corrected chi connectivity index (χ3v) is 11.9. The van der Waals surface area contributed by atoms with E-state index in [1.54, 1.807) is 130 Å². The molecule has 346 valence electrons. The van der Waals surface area contributed by atoms with E-state index in [4.69, 9.17) is 9.47 Å². The van der Waals surface area contributed by atoms with Gasteiger partial charge in [-0.25, -0.2) is 4.39 Å². The Morgan fingerprint density at radius 2 is 1.18 bits per heavy atom. The number of carbonyl (C=O) groups excluding carboxylic acids is 6. The van der Waals surface area contributed by atoms with Crippen molar-refractivity contribution in [2.45, 2.75) is 122 Å². The van der Waals surface area contributed by atoms with Crippen molar-refractivity contribution in [2.75, 3.05) is 18.4 Å². The van der Waals surface area contributed by atoms with E-state index in [2.05, 4.69) is 10.3 Å². The Kier molecular flexibility index (Phi) is 14.2. The van der Waals surface area contributed by atoms with Crippen LogP contribution in [0.3, 0.4) is 0 Å². The lowest BCUT2D eigenvalue weighted by Crippen LogP contribution is -2.45. The summed E-state index contributed by atoms with van der Waals surface area (Å²) in [6, 6.07) is 28.5. The standard InChI is InChI=1S/C53H59FN4O8/c1-52(2,3)65-45(60)31-38(34-15-9-7-10-16-34)50(63)57-27-13-19-42(57)44(59)30-33-21-26-41-40(29-33)47(54)48(56-41)36-22-24-37(25-23-36)55-49(62)43-20-14-28-58(43)51(64)39(35-17-11-8-12-18-35)32-46(61)66-53(4,5)6/h7-12,15-18,21-26,29,38-39,42-43,56H,13-14,19-20,27-28,30-32H2,1-6H3,(H,55,62)/t38-,39-,42+,43+/m1/s1. The Morgan fingerprint density at radius 3 is 1.70 bits per heavy atom.